The Balaban J connectivity index is 1.43. The fraction of sp³-hybridized carbons (Fsp3) is 0.455. The van der Waals surface area contributed by atoms with Crippen molar-refractivity contribution in [3.05, 3.63) is 59.8 Å². The van der Waals surface area contributed by atoms with E-state index in [1.165, 1.54) is 18.4 Å². The highest BCUT2D eigenvalue weighted by Crippen LogP contribution is 2.42. The molecule has 0 radical (unpaired) electrons. The van der Waals surface area contributed by atoms with Crippen molar-refractivity contribution < 1.29 is 4.79 Å². The Morgan fingerprint density at radius 3 is 2.42 bits per heavy atom. The van der Waals surface area contributed by atoms with Gasteiger partial charge in [-0.05, 0) is 55.2 Å². The van der Waals surface area contributed by atoms with Crippen LogP contribution in [0.15, 0.2) is 48.7 Å². The van der Waals surface area contributed by atoms with Crippen LogP contribution in [0.5, 0.6) is 0 Å². The summed E-state index contributed by atoms with van der Waals surface area (Å²) in [5.41, 5.74) is 1.99. The predicted molar refractivity (Wildman–Crippen MR) is 104 cm³/mol. The normalized spacial score (nSPS) is 19.2. The number of aromatic nitrogens is 1. The molecule has 26 heavy (non-hydrogen) atoms. The molecule has 1 amide bonds. The maximum Gasteiger partial charge on any atom is 0.255 e. The van der Waals surface area contributed by atoms with Gasteiger partial charge >= 0.3 is 0 Å². The highest BCUT2D eigenvalue weighted by molar-refractivity contribution is 5.94. The third-order valence-corrected chi connectivity index (χ3v) is 5.64. The second kappa shape index (κ2) is 7.48. The SMILES string of the molecule is CC1CCN(C(=O)c2ccc(NC(c3ccccc3)C3CC3)nc2)CC1. The number of piperidine rings is 1. The number of carbonyl (C=O) groups excluding carboxylic acids is 1. The Hall–Kier alpha value is -2.36. The summed E-state index contributed by atoms with van der Waals surface area (Å²) in [6.07, 6.45) is 6.43. The molecule has 1 saturated heterocycles. The molecule has 4 heteroatoms. The minimum absolute atomic E-state index is 0.109. The second-order valence-electron chi connectivity index (χ2n) is 7.78. The van der Waals surface area contributed by atoms with Gasteiger partial charge in [0.1, 0.15) is 5.82 Å². The van der Waals surface area contributed by atoms with Crippen LogP contribution in [0.4, 0.5) is 5.82 Å². The van der Waals surface area contributed by atoms with Gasteiger partial charge in [-0.25, -0.2) is 4.98 Å². The molecule has 0 spiro atoms. The van der Waals surface area contributed by atoms with Gasteiger partial charge < -0.3 is 10.2 Å². The molecule has 1 saturated carbocycles. The largest absolute Gasteiger partial charge is 0.363 e. The van der Waals surface area contributed by atoms with Crippen LogP contribution in [0, 0.1) is 11.8 Å². The molecule has 1 aliphatic carbocycles. The Morgan fingerprint density at radius 2 is 1.81 bits per heavy atom. The molecule has 1 atom stereocenters. The lowest BCUT2D eigenvalue weighted by molar-refractivity contribution is 0.0697. The minimum Gasteiger partial charge on any atom is -0.363 e. The molecular weight excluding hydrogens is 322 g/mol. The van der Waals surface area contributed by atoms with E-state index >= 15 is 0 Å². The van der Waals surface area contributed by atoms with Gasteiger partial charge in [0.05, 0.1) is 11.6 Å². The number of anilines is 1. The molecule has 1 aromatic carbocycles. The van der Waals surface area contributed by atoms with E-state index in [2.05, 4.69) is 41.5 Å². The van der Waals surface area contributed by atoms with Gasteiger partial charge in [-0.15, -0.1) is 0 Å². The molecule has 1 aromatic heterocycles. The zero-order valence-corrected chi connectivity index (χ0v) is 15.4. The van der Waals surface area contributed by atoms with Crippen LogP contribution in [0.1, 0.15) is 54.6 Å². The third kappa shape index (κ3) is 3.90. The molecule has 1 unspecified atom stereocenters. The molecule has 2 fully saturated rings. The van der Waals surface area contributed by atoms with Gasteiger partial charge in [0.2, 0.25) is 0 Å². The number of pyridine rings is 1. The van der Waals surface area contributed by atoms with Crippen molar-refractivity contribution in [3.63, 3.8) is 0 Å². The van der Waals surface area contributed by atoms with Crippen LogP contribution in [0.3, 0.4) is 0 Å². The summed E-state index contributed by atoms with van der Waals surface area (Å²) in [4.78, 5) is 19.1. The van der Waals surface area contributed by atoms with E-state index in [1.54, 1.807) is 6.20 Å². The van der Waals surface area contributed by atoms with Crippen LogP contribution < -0.4 is 5.32 Å². The standard InChI is InChI=1S/C22H27N3O/c1-16-11-13-25(14-12-16)22(26)19-9-10-20(23-15-19)24-21(18-7-8-18)17-5-3-2-4-6-17/h2-6,9-10,15-16,18,21H,7-8,11-14H2,1H3,(H,23,24). The first-order valence-corrected chi connectivity index (χ1v) is 9.77. The Bertz CT molecular complexity index is 732. The number of rotatable bonds is 5. The van der Waals surface area contributed by atoms with Gasteiger partial charge in [0.25, 0.3) is 5.91 Å². The fourth-order valence-corrected chi connectivity index (χ4v) is 3.72. The van der Waals surface area contributed by atoms with Crippen molar-refractivity contribution in [2.45, 2.75) is 38.6 Å². The Labute approximate surface area is 155 Å². The first-order valence-electron chi connectivity index (χ1n) is 9.77. The maximum atomic E-state index is 12.6. The first kappa shape index (κ1) is 17.1. The topological polar surface area (TPSA) is 45.2 Å². The Morgan fingerprint density at radius 1 is 1.08 bits per heavy atom. The number of nitrogens with zero attached hydrogens (tertiary/aromatic N) is 2. The summed E-state index contributed by atoms with van der Waals surface area (Å²) in [6.45, 7) is 3.97. The lowest BCUT2D eigenvalue weighted by Crippen LogP contribution is -2.37. The average Bonchev–Trinajstić information content (AvgIpc) is 3.52. The molecule has 2 aromatic rings. The van der Waals surface area contributed by atoms with E-state index in [9.17, 15) is 4.79 Å². The summed E-state index contributed by atoms with van der Waals surface area (Å²) in [7, 11) is 0. The van der Waals surface area contributed by atoms with Crippen molar-refractivity contribution in [3.8, 4) is 0 Å². The number of likely N-dealkylation sites (tertiary alicyclic amines) is 1. The van der Waals surface area contributed by atoms with Crippen molar-refractivity contribution >= 4 is 11.7 Å². The number of amides is 1. The molecule has 136 valence electrons. The molecule has 4 rings (SSSR count). The fourth-order valence-electron chi connectivity index (χ4n) is 3.72. The zero-order chi connectivity index (χ0) is 17.9. The lowest BCUT2D eigenvalue weighted by Gasteiger charge is -2.30. The highest BCUT2D eigenvalue weighted by atomic mass is 16.2. The van der Waals surface area contributed by atoms with Crippen LogP contribution in [0.2, 0.25) is 0 Å². The molecule has 1 aliphatic heterocycles. The van der Waals surface area contributed by atoms with E-state index in [0.717, 1.165) is 37.7 Å². The first-order chi connectivity index (χ1) is 12.7. The number of hydrogen-bond donors (Lipinski definition) is 1. The predicted octanol–water partition coefficient (Wildman–Crippen LogP) is 4.52. The van der Waals surface area contributed by atoms with E-state index in [4.69, 9.17) is 0 Å². The van der Waals surface area contributed by atoms with Crippen molar-refractivity contribution in [2.24, 2.45) is 11.8 Å². The van der Waals surface area contributed by atoms with E-state index < -0.39 is 0 Å². The summed E-state index contributed by atoms with van der Waals surface area (Å²) in [5, 5.41) is 3.57. The Kier molecular flexibility index (Phi) is 4.91. The second-order valence-corrected chi connectivity index (χ2v) is 7.78. The zero-order valence-electron chi connectivity index (χ0n) is 15.4. The van der Waals surface area contributed by atoms with Crippen LogP contribution >= 0.6 is 0 Å². The molecule has 1 N–H and O–H groups in total. The van der Waals surface area contributed by atoms with Crippen molar-refractivity contribution in [1.29, 1.82) is 0 Å². The molecule has 2 heterocycles. The van der Waals surface area contributed by atoms with E-state index in [0.29, 0.717) is 17.5 Å². The number of nitrogens with one attached hydrogen (secondary N) is 1. The number of hydrogen-bond acceptors (Lipinski definition) is 3. The van der Waals surface area contributed by atoms with Crippen LogP contribution in [-0.4, -0.2) is 28.9 Å². The number of carbonyl (C=O) groups is 1. The summed E-state index contributed by atoms with van der Waals surface area (Å²) >= 11 is 0. The minimum atomic E-state index is 0.109. The molecule has 2 aliphatic rings. The lowest BCUT2D eigenvalue weighted by atomic mass is 9.99. The quantitative estimate of drug-likeness (QED) is 0.863. The van der Waals surface area contributed by atoms with Gasteiger partial charge in [-0.1, -0.05) is 37.3 Å². The highest BCUT2D eigenvalue weighted by Gasteiger charge is 2.32. The monoisotopic (exact) mass is 349 g/mol. The third-order valence-electron chi connectivity index (χ3n) is 5.64. The van der Waals surface area contributed by atoms with Gasteiger partial charge in [0.15, 0.2) is 0 Å². The summed E-state index contributed by atoms with van der Waals surface area (Å²) in [6, 6.07) is 14.7. The van der Waals surface area contributed by atoms with Crippen molar-refractivity contribution in [1.82, 2.24) is 9.88 Å². The smallest absolute Gasteiger partial charge is 0.255 e. The van der Waals surface area contributed by atoms with E-state index in [1.807, 2.05) is 23.1 Å². The molecule has 4 nitrogen and oxygen atoms in total. The van der Waals surface area contributed by atoms with Crippen molar-refractivity contribution in [2.75, 3.05) is 18.4 Å². The molecule has 0 bridgehead atoms. The maximum absolute atomic E-state index is 12.6. The average molecular weight is 349 g/mol. The van der Waals surface area contributed by atoms with Crippen LogP contribution in [0.25, 0.3) is 0 Å². The van der Waals surface area contributed by atoms with Crippen LogP contribution in [-0.2, 0) is 0 Å². The van der Waals surface area contributed by atoms with Gasteiger partial charge in [-0.3, -0.25) is 4.79 Å². The summed E-state index contributed by atoms with van der Waals surface area (Å²) in [5.74, 6) is 2.35. The summed E-state index contributed by atoms with van der Waals surface area (Å²) < 4.78 is 0. The number of benzene rings is 1. The van der Waals surface area contributed by atoms with E-state index in [-0.39, 0.29) is 5.91 Å². The van der Waals surface area contributed by atoms with Gasteiger partial charge in [0, 0.05) is 19.3 Å². The van der Waals surface area contributed by atoms with Gasteiger partial charge in [-0.2, -0.15) is 0 Å². The molecular formula is C22H27N3O.